The van der Waals surface area contributed by atoms with Gasteiger partial charge in [-0.15, -0.1) is 5.92 Å². The maximum absolute atomic E-state index is 5.74. The predicted molar refractivity (Wildman–Crippen MR) is 51.7 cm³/mol. The molecule has 0 radical (unpaired) electrons. The van der Waals surface area contributed by atoms with Crippen molar-refractivity contribution in [1.29, 1.82) is 0 Å². The maximum Gasteiger partial charge on any atom is 0.0418 e. The molecule has 0 unspecified atom stereocenters. The van der Waals surface area contributed by atoms with Crippen LogP contribution in [0.4, 0.5) is 0 Å². The minimum absolute atomic E-state index is 0.721. The van der Waals surface area contributed by atoms with E-state index >= 15 is 0 Å². The van der Waals surface area contributed by atoms with Crippen molar-refractivity contribution >= 4 is 27.5 Å². The lowest BCUT2D eigenvalue weighted by molar-refractivity contribution is 1.58. The highest BCUT2D eigenvalue weighted by molar-refractivity contribution is 9.10. The van der Waals surface area contributed by atoms with E-state index in [1.54, 1.807) is 6.92 Å². The minimum atomic E-state index is 0.721. The van der Waals surface area contributed by atoms with Gasteiger partial charge in [0.05, 0.1) is 0 Å². The molecule has 0 bridgehead atoms. The second kappa shape index (κ2) is 3.80. The Bertz CT molecular complexity index is 320. The van der Waals surface area contributed by atoms with E-state index in [-0.39, 0.29) is 0 Å². The molecule has 0 aliphatic rings. The zero-order valence-electron chi connectivity index (χ0n) is 5.99. The van der Waals surface area contributed by atoms with Crippen LogP contribution in [0.2, 0.25) is 5.02 Å². The average molecular weight is 230 g/mol. The average Bonchev–Trinajstić information content (AvgIpc) is 1.95. The van der Waals surface area contributed by atoms with Crippen LogP contribution < -0.4 is 0 Å². The standard InChI is InChI=1S/C9H6BrCl/c1-2-3-7-4-5-8(11)6-9(7)10/h4-6H,1H3. The van der Waals surface area contributed by atoms with Crippen LogP contribution in [0.1, 0.15) is 12.5 Å². The molecule has 0 aliphatic heterocycles. The fourth-order valence-electron chi connectivity index (χ4n) is 0.726. The molecule has 0 heterocycles. The normalized spacial score (nSPS) is 8.64. The number of hydrogen-bond acceptors (Lipinski definition) is 0. The van der Waals surface area contributed by atoms with Crippen LogP contribution in [0.3, 0.4) is 0 Å². The van der Waals surface area contributed by atoms with Gasteiger partial charge in [-0.1, -0.05) is 17.5 Å². The van der Waals surface area contributed by atoms with Crippen LogP contribution in [0.5, 0.6) is 0 Å². The zero-order chi connectivity index (χ0) is 8.27. The van der Waals surface area contributed by atoms with E-state index in [0.717, 1.165) is 15.1 Å². The van der Waals surface area contributed by atoms with Gasteiger partial charge >= 0.3 is 0 Å². The summed E-state index contributed by atoms with van der Waals surface area (Å²) in [6.07, 6.45) is 0. The summed E-state index contributed by atoms with van der Waals surface area (Å²) in [7, 11) is 0. The highest BCUT2D eigenvalue weighted by atomic mass is 79.9. The smallest absolute Gasteiger partial charge is 0.0418 e. The van der Waals surface area contributed by atoms with E-state index in [0.29, 0.717) is 0 Å². The van der Waals surface area contributed by atoms with E-state index in [9.17, 15) is 0 Å². The third-order valence-electron chi connectivity index (χ3n) is 1.19. The predicted octanol–water partition coefficient (Wildman–Crippen LogP) is 3.47. The van der Waals surface area contributed by atoms with E-state index in [1.165, 1.54) is 0 Å². The van der Waals surface area contributed by atoms with Gasteiger partial charge in [-0.3, -0.25) is 0 Å². The van der Waals surface area contributed by atoms with Crippen molar-refractivity contribution in [3.63, 3.8) is 0 Å². The molecule has 0 saturated carbocycles. The summed E-state index contributed by atoms with van der Waals surface area (Å²) in [6.45, 7) is 1.81. The van der Waals surface area contributed by atoms with Crippen molar-refractivity contribution in [2.24, 2.45) is 0 Å². The summed E-state index contributed by atoms with van der Waals surface area (Å²) < 4.78 is 0.944. The zero-order valence-corrected chi connectivity index (χ0v) is 8.33. The molecule has 0 saturated heterocycles. The molecule has 1 rings (SSSR count). The van der Waals surface area contributed by atoms with E-state index in [2.05, 4.69) is 27.8 Å². The molecule has 0 nitrogen and oxygen atoms in total. The highest BCUT2D eigenvalue weighted by Gasteiger charge is 1.95. The first kappa shape index (κ1) is 8.64. The van der Waals surface area contributed by atoms with Crippen LogP contribution in [0.25, 0.3) is 0 Å². The van der Waals surface area contributed by atoms with Crippen molar-refractivity contribution < 1.29 is 0 Å². The Balaban J connectivity index is 3.16. The molecule has 0 aromatic heterocycles. The van der Waals surface area contributed by atoms with Crippen LogP contribution in [0.15, 0.2) is 22.7 Å². The minimum Gasteiger partial charge on any atom is -0.101 e. The van der Waals surface area contributed by atoms with Crippen molar-refractivity contribution in [1.82, 2.24) is 0 Å². The molecule has 0 aliphatic carbocycles. The molecule has 11 heavy (non-hydrogen) atoms. The molecule has 56 valence electrons. The summed E-state index contributed by atoms with van der Waals surface area (Å²) in [5.41, 5.74) is 0.969. The van der Waals surface area contributed by atoms with Crippen LogP contribution in [-0.4, -0.2) is 0 Å². The number of hydrogen-bond donors (Lipinski definition) is 0. The highest BCUT2D eigenvalue weighted by Crippen LogP contribution is 2.20. The lowest BCUT2D eigenvalue weighted by atomic mass is 10.2. The molecule has 0 atom stereocenters. The molecule has 2 heteroatoms. The van der Waals surface area contributed by atoms with Gasteiger partial charge < -0.3 is 0 Å². The summed E-state index contributed by atoms with van der Waals surface area (Å²) in [6, 6.07) is 5.55. The van der Waals surface area contributed by atoms with Gasteiger partial charge in [-0.25, -0.2) is 0 Å². The van der Waals surface area contributed by atoms with Gasteiger partial charge in [0.1, 0.15) is 0 Å². The maximum atomic E-state index is 5.74. The number of rotatable bonds is 0. The monoisotopic (exact) mass is 228 g/mol. The third kappa shape index (κ3) is 2.25. The Morgan fingerprint density at radius 3 is 2.73 bits per heavy atom. The van der Waals surface area contributed by atoms with Crippen LogP contribution in [0, 0.1) is 11.8 Å². The molecule has 0 amide bonds. The molecule has 0 N–H and O–H groups in total. The van der Waals surface area contributed by atoms with Crippen molar-refractivity contribution in [3.8, 4) is 11.8 Å². The van der Waals surface area contributed by atoms with E-state index in [4.69, 9.17) is 11.6 Å². The first-order valence-electron chi connectivity index (χ1n) is 3.12. The quantitative estimate of drug-likeness (QED) is 0.598. The largest absolute Gasteiger partial charge is 0.101 e. The Morgan fingerprint density at radius 1 is 1.45 bits per heavy atom. The van der Waals surface area contributed by atoms with Crippen molar-refractivity contribution in [2.75, 3.05) is 0 Å². The van der Waals surface area contributed by atoms with Gasteiger partial charge in [-0.2, -0.15) is 0 Å². The number of benzene rings is 1. The van der Waals surface area contributed by atoms with Crippen LogP contribution in [-0.2, 0) is 0 Å². The first-order chi connectivity index (χ1) is 5.24. The van der Waals surface area contributed by atoms with Gasteiger partial charge in [0.15, 0.2) is 0 Å². The SMILES string of the molecule is CC#Cc1ccc(Cl)cc1Br. The molecular formula is C9H6BrCl. The second-order valence-electron chi connectivity index (χ2n) is 2.00. The third-order valence-corrected chi connectivity index (χ3v) is 2.08. The summed E-state index contributed by atoms with van der Waals surface area (Å²) in [5, 5.41) is 0.721. The van der Waals surface area contributed by atoms with Crippen molar-refractivity contribution in [2.45, 2.75) is 6.92 Å². The van der Waals surface area contributed by atoms with Gasteiger partial charge in [-0.05, 0) is 41.1 Å². The van der Waals surface area contributed by atoms with Gasteiger partial charge in [0.2, 0.25) is 0 Å². The van der Waals surface area contributed by atoms with E-state index in [1.807, 2.05) is 18.2 Å². The molecular weight excluding hydrogens is 223 g/mol. The molecule has 1 aromatic carbocycles. The lowest BCUT2D eigenvalue weighted by Crippen LogP contribution is -1.75. The fourth-order valence-corrected chi connectivity index (χ4v) is 1.51. The lowest BCUT2D eigenvalue weighted by Gasteiger charge is -1.95. The Hall–Kier alpha value is -0.450. The second-order valence-corrected chi connectivity index (χ2v) is 3.29. The molecule has 0 fully saturated rings. The molecule has 1 aromatic rings. The Kier molecular flexibility index (Phi) is 2.99. The topological polar surface area (TPSA) is 0 Å². The summed E-state index contributed by atoms with van der Waals surface area (Å²) >= 11 is 9.10. The van der Waals surface area contributed by atoms with Gasteiger partial charge in [0, 0.05) is 15.1 Å². The number of halogens is 2. The summed E-state index contributed by atoms with van der Waals surface area (Å²) in [4.78, 5) is 0. The molecule has 0 spiro atoms. The van der Waals surface area contributed by atoms with Crippen LogP contribution >= 0.6 is 27.5 Å². The Labute approximate surface area is 79.7 Å². The van der Waals surface area contributed by atoms with E-state index < -0.39 is 0 Å². The fraction of sp³-hybridized carbons (Fsp3) is 0.111. The summed E-state index contributed by atoms with van der Waals surface area (Å²) in [5.74, 6) is 5.77. The van der Waals surface area contributed by atoms with Crippen molar-refractivity contribution in [3.05, 3.63) is 33.3 Å². The Morgan fingerprint density at radius 2 is 2.18 bits per heavy atom. The first-order valence-corrected chi connectivity index (χ1v) is 4.29. The van der Waals surface area contributed by atoms with Gasteiger partial charge in [0.25, 0.3) is 0 Å².